The van der Waals surface area contributed by atoms with Gasteiger partial charge in [-0.25, -0.2) is 4.98 Å². The molecule has 1 saturated heterocycles. The van der Waals surface area contributed by atoms with Gasteiger partial charge in [0.1, 0.15) is 5.69 Å². The number of imidazole rings is 1. The number of carbonyl (C=O) groups excluding carboxylic acids is 1. The molecule has 2 heterocycles. The summed E-state index contributed by atoms with van der Waals surface area (Å²) in [6.07, 6.45) is 5.26. The smallest absolute Gasteiger partial charge is 0.274 e. The van der Waals surface area contributed by atoms with Crippen LogP contribution in [0.25, 0.3) is 0 Å². The summed E-state index contributed by atoms with van der Waals surface area (Å²) in [5.41, 5.74) is 0.511. The first-order chi connectivity index (χ1) is 8.20. The summed E-state index contributed by atoms with van der Waals surface area (Å²) in [6, 6.07) is 0.544. The van der Waals surface area contributed by atoms with E-state index in [0.29, 0.717) is 11.7 Å². The Morgan fingerprint density at radius 3 is 2.71 bits per heavy atom. The van der Waals surface area contributed by atoms with E-state index in [4.69, 9.17) is 0 Å². The summed E-state index contributed by atoms with van der Waals surface area (Å²) in [7, 11) is 0. The maximum atomic E-state index is 12.4. The number of rotatable bonds is 3. The highest BCUT2D eigenvalue weighted by molar-refractivity contribution is 5.92. The van der Waals surface area contributed by atoms with Crippen molar-refractivity contribution in [3.8, 4) is 0 Å². The highest BCUT2D eigenvalue weighted by Crippen LogP contribution is 2.17. The van der Waals surface area contributed by atoms with E-state index in [1.165, 1.54) is 0 Å². The topological polar surface area (TPSA) is 61.0 Å². The average Bonchev–Trinajstić information content (AvgIpc) is 2.83. The van der Waals surface area contributed by atoms with Crippen LogP contribution in [0.5, 0.6) is 0 Å². The van der Waals surface area contributed by atoms with Crippen molar-refractivity contribution in [2.24, 2.45) is 0 Å². The number of hydrogen-bond donors (Lipinski definition) is 2. The monoisotopic (exact) mass is 236 g/mol. The molecule has 0 aromatic carbocycles. The zero-order valence-corrected chi connectivity index (χ0v) is 10.4. The van der Waals surface area contributed by atoms with Gasteiger partial charge in [0, 0.05) is 18.3 Å². The Balaban J connectivity index is 2.14. The molecule has 0 bridgehead atoms. The average molecular weight is 236 g/mol. The fraction of sp³-hybridized carbons (Fsp3) is 0.667. The van der Waals surface area contributed by atoms with Gasteiger partial charge in [0.25, 0.3) is 5.91 Å². The van der Waals surface area contributed by atoms with Crippen LogP contribution in [0, 0.1) is 0 Å². The second-order valence-corrected chi connectivity index (χ2v) is 4.74. The van der Waals surface area contributed by atoms with Crippen LogP contribution in [0.4, 0.5) is 0 Å². The van der Waals surface area contributed by atoms with Gasteiger partial charge in [0.2, 0.25) is 0 Å². The summed E-state index contributed by atoms with van der Waals surface area (Å²) in [5.74, 6) is 0.0353. The fourth-order valence-electron chi connectivity index (χ4n) is 2.42. The molecule has 0 radical (unpaired) electrons. The Bertz CT molecular complexity index is 355. The molecule has 2 N–H and O–H groups in total. The summed E-state index contributed by atoms with van der Waals surface area (Å²) >= 11 is 0. The van der Waals surface area contributed by atoms with Crippen molar-refractivity contribution in [1.82, 2.24) is 20.2 Å². The SMILES string of the molecule is CC(C)N(C(=O)c1c[nH]cn1)C1CCNCC1. The van der Waals surface area contributed by atoms with E-state index in [0.717, 1.165) is 25.9 Å². The molecule has 5 nitrogen and oxygen atoms in total. The summed E-state index contributed by atoms with van der Waals surface area (Å²) < 4.78 is 0. The third kappa shape index (κ3) is 2.66. The van der Waals surface area contributed by atoms with Crippen LogP contribution in [0.15, 0.2) is 12.5 Å². The molecule has 0 spiro atoms. The lowest BCUT2D eigenvalue weighted by atomic mass is 10.0. The van der Waals surface area contributed by atoms with Gasteiger partial charge < -0.3 is 15.2 Å². The standard InChI is InChI=1S/C12H20N4O/c1-9(2)16(10-3-5-13-6-4-10)12(17)11-7-14-8-15-11/h7-10,13H,3-6H2,1-2H3,(H,14,15). The molecule has 17 heavy (non-hydrogen) atoms. The van der Waals surface area contributed by atoms with Crippen molar-refractivity contribution in [2.45, 2.75) is 38.8 Å². The van der Waals surface area contributed by atoms with Crippen LogP contribution >= 0.6 is 0 Å². The maximum Gasteiger partial charge on any atom is 0.274 e. The van der Waals surface area contributed by atoms with E-state index in [-0.39, 0.29) is 11.9 Å². The van der Waals surface area contributed by atoms with E-state index < -0.39 is 0 Å². The highest BCUT2D eigenvalue weighted by Gasteiger charge is 2.28. The zero-order valence-electron chi connectivity index (χ0n) is 10.4. The van der Waals surface area contributed by atoms with Crippen LogP contribution in [-0.4, -0.2) is 45.9 Å². The molecular formula is C12H20N4O. The Kier molecular flexibility index (Phi) is 3.78. The number of H-pyrrole nitrogens is 1. The third-order valence-corrected chi connectivity index (χ3v) is 3.21. The number of hydrogen-bond acceptors (Lipinski definition) is 3. The quantitative estimate of drug-likeness (QED) is 0.823. The largest absolute Gasteiger partial charge is 0.350 e. The number of nitrogens with one attached hydrogen (secondary N) is 2. The minimum absolute atomic E-state index is 0.0353. The van der Waals surface area contributed by atoms with Crippen molar-refractivity contribution >= 4 is 5.91 Å². The third-order valence-electron chi connectivity index (χ3n) is 3.21. The first-order valence-corrected chi connectivity index (χ1v) is 6.22. The van der Waals surface area contributed by atoms with Gasteiger partial charge in [-0.05, 0) is 39.8 Å². The summed E-state index contributed by atoms with van der Waals surface area (Å²) in [4.78, 5) is 21.2. The van der Waals surface area contributed by atoms with Crippen molar-refractivity contribution in [2.75, 3.05) is 13.1 Å². The summed E-state index contributed by atoms with van der Waals surface area (Å²) in [5, 5.41) is 3.32. The van der Waals surface area contributed by atoms with Crippen LogP contribution in [0.1, 0.15) is 37.2 Å². The van der Waals surface area contributed by atoms with E-state index in [2.05, 4.69) is 29.1 Å². The van der Waals surface area contributed by atoms with Gasteiger partial charge in [-0.3, -0.25) is 4.79 Å². The minimum atomic E-state index is 0.0353. The van der Waals surface area contributed by atoms with Crippen molar-refractivity contribution in [3.63, 3.8) is 0 Å². The Morgan fingerprint density at radius 1 is 1.47 bits per heavy atom. The second-order valence-electron chi connectivity index (χ2n) is 4.74. The lowest BCUT2D eigenvalue weighted by molar-refractivity contribution is 0.0560. The predicted octanol–water partition coefficient (Wildman–Crippen LogP) is 1.01. The van der Waals surface area contributed by atoms with Gasteiger partial charge in [-0.15, -0.1) is 0 Å². The van der Waals surface area contributed by atoms with Crippen LogP contribution in [-0.2, 0) is 0 Å². The van der Waals surface area contributed by atoms with Crippen LogP contribution in [0.3, 0.4) is 0 Å². The number of amides is 1. The normalized spacial score (nSPS) is 17.4. The second kappa shape index (κ2) is 5.31. The number of aromatic nitrogens is 2. The fourth-order valence-corrected chi connectivity index (χ4v) is 2.42. The number of piperidine rings is 1. The van der Waals surface area contributed by atoms with E-state index in [1.807, 2.05) is 4.90 Å². The molecule has 1 aliphatic heterocycles. The van der Waals surface area contributed by atoms with Gasteiger partial charge in [0.05, 0.1) is 6.33 Å². The molecule has 5 heteroatoms. The molecule has 1 aliphatic rings. The van der Waals surface area contributed by atoms with Crippen molar-refractivity contribution < 1.29 is 4.79 Å². The lowest BCUT2D eigenvalue weighted by Crippen LogP contribution is -2.49. The minimum Gasteiger partial charge on any atom is -0.350 e. The van der Waals surface area contributed by atoms with Crippen LogP contribution < -0.4 is 5.32 Å². The molecule has 0 saturated carbocycles. The van der Waals surface area contributed by atoms with Crippen LogP contribution in [0.2, 0.25) is 0 Å². The Hall–Kier alpha value is -1.36. The molecule has 1 aromatic rings. The number of aromatic amines is 1. The van der Waals surface area contributed by atoms with Crippen molar-refractivity contribution in [3.05, 3.63) is 18.2 Å². The Morgan fingerprint density at radius 2 is 2.18 bits per heavy atom. The first-order valence-electron chi connectivity index (χ1n) is 6.22. The Labute approximate surface area is 102 Å². The summed E-state index contributed by atoms with van der Waals surface area (Å²) in [6.45, 7) is 6.10. The lowest BCUT2D eigenvalue weighted by Gasteiger charge is -2.37. The molecule has 0 aliphatic carbocycles. The van der Waals surface area contributed by atoms with Gasteiger partial charge in [-0.2, -0.15) is 0 Å². The van der Waals surface area contributed by atoms with E-state index >= 15 is 0 Å². The molecule has 1 aromatic heterocycles. The molecule has 1 fully saturated rings. The molecular weight excluding hydrogens is 216 g/mol. The molecule has 0 unspecified atom stereocenters. The first kappa shape index (κ1) is 12.1. The van der Waals surface area contributed by atoms with Crippen molar-refractivity contribution in [1.29, 1.82) is 0 Å². The number of carbonyl (C=O) groups is 1. The van der Waals surface area contributed by atoms with E-state index in [1.54, 1.807) is 12.5 Å². The van der Waals surface area contributed by atoms with Gasteiger partial charge >= 0.3 is 0 Å². The van der Waals surface area contributed by atoms with E-state index in [9.17, 15) is 4.79 Å². The van der Waals surface area contributed by atoms with Gasteiger partial charge in [0.15, 0.2) is 0 Å². The molecule has 2 rings (SSSR count). The number of nitrogens with zero attached hydrogens (tertiary/aromatic N) is 2. The molecule has 94 valence electrons. The zero-order chi connectivity index (χ0) is 12.3. The maximum absolute atomic E-state index is 12.4. The highest BCUT2D eigenvalue weighted by atomic mass is 16.2. The molecule has 1 amide bonds. The predicted molar refractivity (Wildman–Crippen MR) is 65.8 cm³/mol. The van der Waals surface area contributed by atoms with Gasteiger partial charge in [-0.1, -0.05) is 0 Å². The molecule has 0 atom stereocenters.